The molecular weight excluding hydrogens is 220 g/mol. The minimum absolute atomic E-state index is 0.125. The van der Waals surface area contributed by atoms with Crippen molar-refractivity contribution < 1.29 is 14.3 Å². The van der Waals surface area contributed by atoms with Crippen molar-refractivity contribution in [3.05, 3.63) is 0 Å². The number of hydrogen-bond acceptors (Lipinski definition) is 4. The molecule has 5 nitrogen and oxygen atoms in total. The lowest BCUT2D eigenvalue weighted by molar-refractivity contribution is -0.00863. The van der Waals surface area contributed by atoms with Crippen LogP contribution in [0.4, 0.5) is 4.79 Å². The Kier molecular flexibility index (Phi) is 4.04. The maximum atomic E-state index is 11.8. The molecule has 1 heterocycles. The maximum absolute atomic E-state index is 11.8. The average Bonchev–Trinajstić information content (AvgIpc) is 2.43. The number of rotatable bonds is 2. The molecule has 1 saturated heterocycles. The van der Waals surface area contributed by atoms with E-state index in [1.165, 1.54) is 5.01 Å². The summed E-state index contributed by atoms with van der Waals surface area (Å²) in [7, 11) is 1.67. The largest absolute Gasteiger partial charge is 0.443 e. The zero-order chi connectivity index (χ0) is 13.3. The van der Waals surface area contributed by atoms with Crippen LogP contribution < -0.4 is 5.43 Å². The summed E-state index contributed by atoms with van der Waals surface area (Å²) in [4.78, 5) is 11.8. The van der Waals surface area contributed by atoms with Crippen molar-refractivity contribution in [1.82, 2.24) is 10.4 Å². The van der Waals surface area contributed by atoms with Gasteiger partial charge in [0.15, 0.2) is 0 Å². The van der Waals surface area contributed by atoms with Gasteiger partial charge >= 0.3 is 6.09 Å². The zero-order valence-corrected chi connectivity index (χ0v) is 11.7. The van der Waals surface area contributed by atoms with E-state index in [9.17, 15) is 4.79 Å². The van der Waals surface area contributed by atoms with Crippen LogP contribution in [0.3, 0.4) is 0 Å². The lowest BCUT2D eigenvalue weighted by atomic mass is 10.00. The Morgan fingerprint density at radius 2 is 2.06 bits per heavy atom. The average molecular weight is 244 g/mol. The molecule has 1 aliphatic heterocycles. The van der Waals surface area contributed by atoms with Gasteiger partial charge < -0.3 is 9.47 Å². The van der Waals surface area contributed by atoms with Crippen molar-refractivity contribution in [2.24, 2.45) is 0 Å². The molecule has 0 aromatic rings. The SMILES string of the molecule is CN(NC1CCOC1(C)C)C(=O)OC(C)(C)C. The topological polar surface area (TPSA) is 50.8 Å². The molecule has 0 aromatic heterocycles. The minimum atomic E-state index is -0.477. The van der Waals surface area contributed by atoms with Crippen LogP contribution in [-0.2, 0) is 9.47 Å². The number of ether oxygens (including phenoxy) is 2. The van der Waals surface area contributed by atoms with E-state index in [0.717, 1.165) is 6.42 Å². The molecule has 1 aliphatic rings. The predicted octanol–water partition coefficient (Wildman–Crippen LogP) is 1.93. The smallest absolute Gasteiger partial charge is 0.424 e. The molecule has 0 aliphatic carbocycles. The Morgan fingerprint density at radius 1 is 1.47 bits per heavy atom. The Morgan fingerprint density at radius 3 is 2.47 bits per heavy atom. The van der Waals surface area contributed by atoms with E-state index in [4.69, 9.17) is 9.47 Å². The normalized spacial score (nSPS) is 23.5. The van der Waals surface area contributed by atoms with Gasteiger partial charge in [-0.25, -0.2) is 15.2 Å². The summed E-state index contributed by atoms with van der Waals surface area (Å²) in [6, 6.07) is 0.125. The fraction of sp³-hybridized carbons (Fsp3) is 0.917. The van der Waals surface area contributed by atoms with Gasteiger partial charge in [0.05, 0.1) is 11.6 Å². The summed E-state index contributed by atoms with van der Waals surface area (Å²) in [6.07, 6.45) is 0.514. The highest BCUT2D eigenvalue weighted by Gasteiger charge is 2.37. The van der Waals surface area contributed by atoms with Crippen molar-refractivity contribution >= 4 is 6.09 Å². The first kappa shape index (κ1) is 14.3. The van der Waals surface area contributed by atoms with Crippen molar-refractivity contribution in [2.75, 3.05) is 13.7 Å². The molecule has 1 amide bonds. The van der Waals surface area contributed by atoms with Crippen LogP contribution in [0.5, 0.6) is 0 Å². The molecule has 1 unspecified atom stereocenters. The molecule has 1 fully saturated rings. The summed E-state index contributed by atoms with van der Waals surface area (Å²) in [5.41, 5.74) is 2.39. The van der Waals surface area contributed by atoms with E-state index < -0.39 is 5.60 Å². The quantitative estimate of drug-likeness (QED) is 0.754. The summed E-state index contributed by atoms with van der Waals surface area (Å²) in [5.74, 6) is 0. The molecule has 1 rings (SSSR count). The van der Waals surface area contributed by atoms with Crippen molar-refractivity contribution in [2.45, 2.75) is 58.3 Å². The molecular formula is C12H24N2O3. The lowest BCUT2D eigenvalue weighted by Gasteiger charge is -2.32. The molecule has 5 heteroatoms. The van der Waals surface area contributed by atoms with E-state index in [0.29, 0.717) is 6.61 Å². The standard InChI is InChI=1S/C12H24N2O3/c1-11(2,3)17-10(15)14(6)13-9-7-8-16-12(9,4)5/h9,13H,7-8H2,1-6H3. The monoisotopic (exact) mass is 244 g/mol. The minimum Gasteiger partial charge on any atom is -0.443 e. The summed E-state index contributed by atoms with van der Waals surface area (Å²) >= 11 is 0. The van der Waals surface area contributed by atoms with Crippen LogP contribution in [0, 0.1) is 0 Å². The van der Waals surface area contributed by atoms with Gasteiger partial charge in [0.25, 0.3) is 0 Å². The van der Waals surface area contributed by atoms with Crippen LogP contribution >= 0.6 is 0 Å². The number of nitrogens with zero attached hydrogens (tertiary/aromatic N) is 1. The van der Waals surface area contributed by atoms with Gasteiger partial charge in [-0.05, 0) is 41.0 Å². The van der Waals surface area contributed by atoms with E-state index in [2.05, 4.69) is 5.43 Å². The highest BCUT2D eigenvalue weighted by atomic mass is 16.6. The predicted molar refractivity (Wildman–Crippen MR) is 65.6 cm³/mol. The molecule has 0 saturated carbocycles. The Labute approximate surface area is 103 Å². The highest BCUT2D eigenvalue weighted by Crippen LogP contribution is 2.25. The van der Waals surface area contributed by atoms with Crippen molar-refractivity contribution in [3.8, 4) is 0 Å². The Bertz CT molecular complexity index is 284. The molecule has 0 radical (unpaired) electrons. The molecule has 0 aromatic carbocycles. The van der Waals surface area contributed by atoms with Gasteiger partial charge in [0.2, 0.25) is 0 Å². The summed E-state index contributed by atoms with van der Waals surface area (Å²) in [5, 5.41) is 1.40. The van der Waals surface area contributed by atoms with Gasteiger partial charge in [-0.3, -0.25) is 0 Å². The second kappa shape index (κ2) is 4.82. The first-order valence-corrected chi connectivity index (χ1v) is 5.99. The summed E-state index contributed by atoms with van der Waals surface area (Å²) < 4.78 is 10.9. The fourth-order valence-corrected chi connectivity index (χ4v) is 1.72. The third-order valence-electron chi connectivity index (χ3n) is 2.74. The van der Waals surface area contributed by atoms with Gasteiger partial charge in [-0.15, -0.1) is 0 Å². The third kappa shape index (κ3) is 4.16. The van der Waals surface area contributed by atoms with Crippen molar-refractivity contribution in [3.63, 3.8) is 0 Å². The third-order valence-corrected chi connectivity index (χ3v) is 2.74. The maximum Gasteiger partial charge on any atom is 0.424 e. The van der Waals surface area contributed by atoms with Crippen molar-refractivity contribution in [1.29, 1.82) is 0 Å². The molecule has 17 heavy (non-hydrogen) atoms. The summed E-state index contributed by atoms with van der Waals surface area (Å²) in [6.45, 7) is 10.3. The number of carbonyl (C=O) groups excluding carboxylic acids is 1. The molecule has 0 bridgehead atoms. The van der Waals surface area contributed by atoms with Gasteiger partial charge in [0.1, 0.15) is 5.60 Å². The van der Waals surface area contributed by atoms with Crippen LogP contribution in [0.25, 0.3) is 0 Å². The molecule has 100 valence electrons. The van der Waals surface area contributed by atoms with Gasteiger partial charge in [-0.2, -0.15) is 0 Å². The number of hydrogen-bond donors (Lipinski definition) is 1. The van der Waals surface area contributed by atoms with Crippen LogP contribution in [0.2, 0.25) is 0 Å². The fourth-order valence-electron chi connectivity index (χ4n) is 1.72. The molecule has 1 N–H and O–H groups in total. The molecule has 1 atom stereocenters. The Hall–Kier alpha value is -0.810. The van der Waals surface area contributed by atoms with E-state index in [-0.39, 0.29) is 17.7 Å². The molecule has 0 spiro atoms. The van der Waals surface area contributed by atoms with Gasteiger partial charge in [-0.1, -0.05) is 0 Å². The zero-order valence-electron chi connectivity index (χ0n) is 11.7. The first-order valence-electron chi connectivity index (χ1n) is 5.99. The van der Waals surface area contributed by atoms with Crippen LogP contribution in [-0.4, -0.2) is 42.0 Å². The second-order valence-corrected chi connectivity index (χ2v) is 5.96. The van der Waals surface area contributed by atoms with Crippen LogP contribution in [0.1, 0.15) is 41.0 Å². The van der Waals surface area contributed by atoms with E-state index in [1.807, 2.05) is 34.6 Å². The van der Waals surface area contributed by atoms with E-state index >= 15 is 0 Å². The first-order chi connectivity index (χ1) is 7.62. The number of hydrazine groups is 1. The highest BCUT2D eigenvalue weighted by molar-refractivity contribution is 5.67. The number of nitrogens with one attached hydrogen (secondary N) is 1. The number of amides is 1. The number of carbonyl (C=O) groups is 1. The Balaban J connectivity index is 2.49. The van der Waals surface area contributed by atoms with E-state index in [1.54, 1.807) is 7.05 Å². The van der Waals surface area contributed by atoms with Crippen LogP contribution in [0.15, 0.2) is 0 Å². The second-order valence-electron chi connectivity index (χ2n) is 5.96. The van der Waals surface area contributed by atoms with Gasteiger partial charge in [0, 0.05) is 13.7 Å². The lowest BCUT2D eigenvalue weighted by Crippen LogP contribution is -2.53.